The number of ketones is 1. The third kappa shape index (κ3) is 4.37. The number of benzene rings is 3. The second-order valence-corrected chi connectivity index (χ2v) is 8.26. The maximum atomic E-state index is 12.9. The summed E-state index contributed by atoms with van der Waals surface area (Å²) in [7, 11) is -2.36. The van der Waals surface area contributed by atoms with Crippen LogP contribution < -0.4 is 9.46 Å². The quantitative estimate of drug-likeness (QED) is 0.567. The van der Waals surface area contributed by atoms with Gasteiger partial charge in [-0.15, -0.1) is 0 Å². The number of hydrogen-bond acceptors (Lipinski definition) is 4. The first-order chi connectivity index (χ1) is 12.9. The summed E-state index contributed by atoms with van der Waals surface area (Å²) in [6, 6.07) is 19.5. The molecule has 7 heteroatoms. The van der Waals surface area contributed by atoms with Crippen LogP contribution in [0.2, 0.25) is 0 Å². The molecule has 138 valence electrons. The van der Waals surface area contributed by atoms with Crippen molar-refractivity contribution in [1.82, 2.24) is 0 Å². The number of methoxy groups -OCH3 is 1. The lowest BCUT2D eigenvalue weighted by Crippen LogP contribution is -2.16. The minimum absolute atomic E-state index is 0.0735. The highest BCUT2D eigenvalue weighted by molar-refractivity contribution is 9.10. The average molecular weight is 446 g/mol. The van der Waals surface area contributed by atoms with E-state index in [0.29, 0.717) is 15.8 Å². The third-order valence-corrected chi connectivity index (χ3v) is 5.75. The molecule has 0 unspecified atom stereocenters. The Hall–Kier alpha value is -2.64. The molecule has 0 aromatic heterocycles. The van der Waals surface area contributed by atoms with E-state index in [-0.39, 0.29) is 21.9 Å². The number of nitrogens with one attached hydrogen (secondary N) is 1. The van der Waals surface area contributed by atoms with Gasteiger partial charge in [0, 0.05) is 15.6 Å². The first kappa shape index (κ1) is 19.1. The Bertz CT molecular complexity index is 1060. The van der Waals surface area contributed by atoms with Crippen LogP contribution in [0.15, 0.2) is 82.2 Å². The lowest BCUT2D eigenvalue weighted by Gasteiger charge is -2.13. The van der Waals surface area contributed by atoms with Crippen molar-refractivity contribution in [2.45, 2.75) is 4.90 Å². The SMILES string of the molecule is COc1ccc(S(=O)(=O)Nc2ccc(Br)cc2C(=O)c2ccccc2)cc1. The van der Waals surface area contributed by atoms with Crippen LogP contribution in [-0.2, 0) is 10.0 Å². The summed E-state index contributed by atoms with van der Waals surface area (Å²) in [6.45, 7) is 0. The first-order valence-corrected chi connectivity index (χ1v) is 10.2. The maximum absolute atomic E-state index is 12.9. The van der Waals surface area contributed by atoms with Crippen LogP contribution in [0.1, 0.15) is 15.9 Å². The van der Waals surface area contributed by atoms with E-state index in [1.54, 1.807) is 54.6 Å². The Kier molecular flexibility index (Phi) is 5.62. The minimum Gasteiger partial charge on any atom is -0.497 e. The van der Waals surface area contributed by atoms with Gasteiger partial charge in [0.1, 0.15) is 5.75 Å². The van der Waals surface area contributed by atoms with Crippen molar-refractivity contribution >= 4 is 37.4 Å². The van der Waals surface area contributed by atoms with Crippen LogP contribution >= 0.6 is 15.9 Å². The van der Waals surface area contributed by atoms with Crippen LogP contribution in [-0.4, -0.2) is 21.3 Å². The van der Waals surface area contributed by atoms with E-state index >= 15 is 0 Å². The average Bonchev–Trinajstić information content (AvgIpc) is 2.69. The fraction of sp³-hybridized carbons (Fsp3) is 0.0500. The highest BCUT2D eigenvalue weighted by Crippen LogP contribution is 2.27. The number of carbonyl (C=O) groups is 1. The Morgan fingerprint density at radius 2 is 1.63 bits per heavy atom. The van der Waals surface area contributed by atoms with E-state index in [9.17, 15) is 13.2 Å². The lowest BCUT2D eigenvalue weighted by molar-refractivity contribution is 0.103. The van der Waals surface area contributed by atoms with Gasteiger partial charge in [0.05, 0.1) is 17.7 Å². The number of anilines is 1. The molecule has 27 heavy (non-hydrogen) atoms. The summed E-state index contributed by atoms with van der Waals surface area (Å²) in [6.07, 6.45) is 0. The predicted molar refractivity (Wildman–Crippen MR) is 108 cm³/mol. The molecule has 0 heterocycles. The molecule has 0 fully saturated rings. The summed E-state index contributed by atoms with van der Waals surface area (Å²) in [4.78, 5) is 12.9. The van der Waals surface area contributed by atoms with Gasteiger partial charge in [0.15, 0.2) is 5.78 Å². The number of halogens is 1. The molecule has 0 saturated heterocycles. The van der Waals surface area contributed by atoms with Crippen molar-refractivity contribution in [1.29, 1.82) is 0 Å². The van der Waals surface area contributed by atoms with Gasteiger partial charge in [-0.2, -0.15) is 0 Å². The number of rotatable bonds is 6. The number of ether oxygens (including phenoxy) is 1. The zero-order chi connectivity index (χ0) is 19.4. The largest absolute Gasteiger partial charge is 0.497 e. The zero-order valence-corrected chi connectivity index (χ0v) is 16.7. The van der Waals surface area contributed by atoms with Crippen LogP contribution in [0, 0.1) is 0 Å². The van der Waals surface area contributed by atoms with Crippen molar-refractivity contribution < 1.29 is 17.9 Å². The van der Waals surface area contributed by atoms with Crippen LogP contribution in [0.5, 0.6) is 5.75 Å². The number of hydrogen-bond donors (Lipinski definition) is 1. The topological polar surface area (TPSA) is 72.5 Å². The molecule has 0 saturated carbocycles. The highest BCUT2D eigenvalue weighted by atomic mass is 79.9. The fourth-order valence-corrected chi connectivity index (χ4v) is 3.94. The summed E-state index contributed by atoms with van der Waals surface area (Å²) in [5.74, 6) is 0.280. The molecule has 1 N–H and O–H groups in total. The molecule has 0 aliphatic carbocycles. The van der Waals surface area contributed by atoms with E-state index in [1.165, 1.54) is 19.2 Å². The van der Waals surface area contributed by atoms with Gasteiger partial charge in [-0.3, -0.25) is 9.52 Å². The summed E-state index contributed by atoms with van der Waals surface area (Å²) in [5.41, 5.74) is 0.941. The molecule has 0 aliphatic heterocycles. The van der Waals surface area contributed by atoms with Crippen LogP contribution in [0.3, 0.4) is 0 Å². The van der Waals surface area contributed by atoms with Crippen molar-refractivity contribution in [2.75, 3.05) is 11.8 Å². The second-order valence-electron chi connectivity index (χ2n) is 5.67. The Morgan fingerprint density at radius 3 is 2.26 bits per heavy atom. The normalized spacial score (nSPS) is 11.0. The van der Waals surface area contributed by atoms with Gasteiger partial charge in [-0.25, -0.2) is 8.42 Å². The molecule has 3 aromatic rings. The standard InChI is InChI=1S/C20H16BrNO4S/c1-26-16-8-10-17(11-9-16)27(24,25)22-19-12-7-15(21)13-18(19)20(23)14-5-3-2-4-6-14/h2-13,22H,1H3. The van der Waals surface area contributed by atoms with Gasteiger partial charge in [0.25, 0.3) is 10.0 Å². The van der Waals surface area contributed by atoms with Gasteiger partial charge >= 0.3 is 0 Å². The van der Waals surface area contributed by atoms with Gasteiger partial charge < -0.3 is 4.74 Å². The minimum atomic E-state index is -3.86. The summed E-state index contributed by atoms with van der Waals surface area (Å²) in [5, 5.41) is 0. The van der Waals surface area contributed by atoms with E-state index in [4.69, 9.17) is 4.74 Å². The molecule has 5 nitrogen and oxygen atoms in total. The highest BCUT2D eigenvalue weighted by Gasteiger charge is 2.20. The monoisotopic (exact) mass is 445 g/mol. The van der Waals surface area contributed by atoms with Gasteiger partial charge in [0.2, 0.25) is 0 Å². The third-order valence-electron chi connectivity index (χ3n) is 3.88. The molecule has 0 radical (unpaired) electrons. The molecule has 0 atom stereocenters. The molecule has 3 aromatic carbocycles. The molecule has 0 amide bonds. The van der Waals surface area contributed by atoms with Crippen molar-refractivity contribution in [2.24, 2.45) is 0 Å². The lowest BCUT2D eigenvalue weighted by atomic mass is 10.0. The molecule has 0 aliphatic rings. The van der Waals surface area contributed by atoms with Crippen molar-refractivity contribution in [3.63, 3.8) is 0 Å². The molecule has 0 spiro atoms. The smallest absolute Gasteiger partial charge is 0.261 e. The summed E-state index contributed by atoms with van der Waals surface area (Å²) < 4.78 is 33.7. The van der Waals surface area contributed by atoms with E-state index in [0.717, 1.165) is 0 Å². The fourth-order valence-electron chi connectivity index (χ4n) is 2.50. The molecule has 3 rings (SSSR count). The Balaban J connectivity index is 1.98. The van der Waals surface area contributed by atoms with Crippen LogP contribution in [0.25, 0.3) is 0 Å². The zero-order valence-electron chi connectivity index (χ0n) is 14.3. The number of sulfonamides is 1. The van der Waals surface area contributed by atoms with Crippen LogP contribution in [0.4, 0.5) is 5.69 Å². The van der Waals surface area contributed by atoms with Gasteiger partial charge in [-0.05, 0) is 42.5 Å². The Morgan fingerprint density at radius 1 is 0.963 bits per heavy atom. The second kappa shape index (κ2) is 7.94. The maximum Gasteiger partial charge on any atom is 0.261 e. The van der Waals surface area contributed by atoms with Gasteiger partial charge in [-0.1, -0.05) is 46.3 Å². The van der Waals surface area contributed by atoms with E-state index in [2.05, 4.69) is 20.7 Å². The predicted octanol–water partition coefficient (Wildman–Crippen LogP) is 4.49. The van der Waals surface area contributed by atoms with E-state index < -0.39 is 10.0 Å². The molecular formula is C20H16BrNO4S. The Labute approximate surface area is 166 Å². The first-order valence-electron chi connectivity index (χ1n) is 7.97. The van der Waals surface area contributed by atoms with Crippen molar-refractivity contribution in [3.05, 3.63) is 88.4 Å². The summed E-state index contributed by atoms with van der Waals surface area (Å²) >= 11 is 3.33. The van der Waals surface area contributed by atoms with E-state index in [1.807, 2.05) is 6.07 Å². The molecular weight excluding hydrogens is 430 g/mol. The van der Waals surface area contributed by atoms with Crippen molar-refractivity contribution in [3.8, 4) is 5.75 Å². The molecule has 0 bridgehead atoms. The number of carbonyl (C=O) groups excluding carboxylic acids is 1.